The van der Waals surface area contributed by atoms with Crippen LogP contribution in [0.5, 0.6) is 0 Å². The van der Waals surface area contributed by atoms with Crippen molar-refractivity contribution >= 4 is 24.4 Å². The maximum absolute atomic E-state index is 4.42. The topological polar surface area (TPSA) is 3.24 Å². The number of hydrogen-bond donors (Lipinski definition) is 1. The third-order valence-electron chi connectivity index (χ3n) is 3.15. The SMILES string of the molecule is CCN(CC)CCSCC1(CS)CC1. The van der Waals surface area contributed by atoms with Crippen LogP contribution in [0, 0.1) is 5.41 Å². The first-order valence-electron chi connectivity index (χ1n) is 5.67. The van der Waals surface area contributed by atoms with Crippen LogP contribution >= 0.6 is 24.4 Å². The summed E-state index contributed by atoms with van der Waals surface area (Å²) in [7, 11) is 0. The molecule has 0 heterocycles. The average Bonchev–Trinajstić information content (AvgIpc) is 2.99. The van der Waals surface area contributed by atoms with Gasteiger partial charge in [0.25, 0.3) is 0 Å². The number of hydrogen-bond acceptors (Lipinski definition) is 3. The van der Waals surface area contributed by atoms with Gasteiger partial charge in [0, 0.05) is 12.3 Å². The quantitative estimate of drug-likeness (QED) is 0.507. The van der Waals surface area contributed by atoms with E-state index in [0.717, 1.165) is 5.75 Å². The van der Waals surface area contributed by atoms with E-state index < -0.39 is 0 Å². The highest BCUT2D eigenvalue weighted by Crippen LogP contribution is 2.48. The third-order valence-corrected chi connectivity index (χ3v) is 5.11. The Morgan fingerprint density at radius 1 is 1.29 bits per heavy atom. The molecule has 1 aliphatic carbocycles. The molecule has 0 aromatic heterocycles. The summed E-state index contributed by atoms with van der Waals surface area (Å²) < 4.78 is 0. The Balaban J connectivity index is 1.99. The second-order valence-electron chi connectivity index (χ2n) is 4.24. The van der Waals surface area contributed by atoms with Crippen molar-refractivity contribution in [2.45, 2.75) is 26.7 Å². The fourth-order valence-electron chi connectivity index (χ4n) is 1.55. The van der Waals surface area contributed by atoms with E-state index in [1.807, 2.05) is 0 Å². The van der Waals surface area contributed by atoms with Crippen LogP contribution in [-0.2, 0) is 0 Å². The number of rotatable bonds is 8. The number of thioether (sulfide) groups is 1. The molecule has 0 saturated heterocycles. The summed E-state index contributed by atoms with van der Waals surface area (Å²) in [5.74, 6) is 3.71. The van der Waals surface area contributed by atoms with Crippen LogP contribution in [0.3, 0.4) is 0 Å². The Morgan fingerprint density at radius 2 is 1.93 bits per heavy atom. The van der Waals surface area contributed by atoms with Gasteiger partial charge in [0.2, 0.25) is 0 Å². The smallest absolute Gasteiger partial charge is 0.00721 e. The molecule has 1 fully saturated rings. The molecular weight excluding hydrogens is 210 g/mol. The Morgan fingerprint density at radius 3 is 2.36 bits per heavy atom. The molecule has 0 atom stereocenters. The monoisotopic (exact) mass is 233 g/mol. The summed E-state index contributed by atoms with van der Waals surface area (Å²) in [6, 6.07) is 0. The summed E-state index contributed by atoms with van der Waals surface area (Å²) in [5.41, 5.74) is 0.636. The molecular formula is C11H23NS2. The second-order valence-corrected chi connectivity index (χ2v) is 5.66. The Kier molecular flexibility index (Phi) is 5.72. The summed E-state index contributed by atoms with van der Waals surface area (Å²) >= 11 is 6.54. The van der Waals surface area contributed by atoms with Gasteiger partial charge >= 0.3 is 0 Å². The van der Waals surface area contributed by atoms with Gasteiger partial charge in [-0.15, -0.1) is 0 Å². The van der Waals surface area contributed by atoms with Crippen LogP contribution in [0.2, 0.25) is 0 Å². The highest BCUT2D eigenvalue weighted by molar-refractivity contribution is 7.99. The zero-order valence-corrected chi connectivity index (χ0v) is 11.2. The van der Waals surface area contributed by atoms with E-state index in [4.69, 9.17) is 0 Å². The highest BCUT2D eigenvalue weighted by Gasteiger charge is 2.40. The molecule has 0 aliphatic heterocycles. The van der Waals surface area contributed by atoms with E-state index in [9.17, 15) is 0 Å². The molecule has 0 spiro atoms. The van der Waals surface area contributed by atoms with Gasteiger partial charge in [0.05, 0.1) is 0 Å². The van der Waals surface area contributed by atoms with Gasteiger partial charge in [0.1, 0.15) is 0 Å². The van der Waals surface area contributed by atoms with Crippen molar-refractivity contribution in [2.24, 2.45) is 5.41 Å². The Bertz CT molecular complexity index is 153. The van der Waals surface area contributed by atoms with Crippen molar-refractivity contribution < 1.29 is 0 Å². The molecule has 0 aromatic carbocycles. The molecule has 1 aliphatic rings. The standard InChI is InChI=1S/C11H23NS2/c1-3-12(4-2)7-8-14-10-11(9-13)5-6-11/h13H,3-10H2,1-2H3. The maximum atomic E-state index is 4.42. The predicted molar refractivity (Wildman–Crippen MR) is 70.6 cm³/mol. The molecule has 0 unspecified atom stereocenters. The number of nitrogens with zero attached hydrogens (tertiary/aromatic N) is 1. The minimum Gasteiger partial charge on any atom is -0.303 e. The lowest BCUT2D eigenvalue weighted by molar-refractivity contribution is 0.324. The third kappa shape index (κ3) is 4.03. The van der Waals surface area contributed by atoms with Gasteiger partial charge in [-0.3, -0.25) is 0 Å². The second kappa shape index (κ2) is 6.29. The largest absolute Gasteiger partial charge is 0.303 e. The molecule has 84 valence electrons. The van der Waals surface area contributed by atoms with E-state index >= 15 is 0 Å². The van der Waals surface area contributed by atoms with Crippen molar-refractivity contribution in [2.75, 3.05) is 36.9 Å². The Labute approximate surface area is 98.4 Å². The molecule has 0 N–H and O–H groups in total. The lowest BCUT2D eigenvalue weighted by Gasteiger charge is -2.18. The summed E-state index contributed by atoms with van der Waals surface area (Å²) in [6.07, 6.45) is 2.82. The van der Waals surface area contributed by atoms with Crippen molar-refractivity contribution in [1.82, 2.24) is 4.90 Å². The van der Waals surface area contributed by atoms with Gasteiger partial charge in [-0.05, 0) is 42.9 Å². The molecule has 1 nitrogen and oxygen atoms in total. The maximum Gasteiger partial charge on any atom is 0.00721 e. The van der Waals surface area contributed by atoms with E-state index in [1.54, 1.807) is 0 Å². The van der Waals surface area contributed by atoms with Crippen molar-refractivity contribution in [3.05, 3.63) is 0 Å². The van der Waals surface area contributed by atoms with Crippen molar-refractivity contribution in [3.8, 4) is 0 Å². The highest BCUT2D eigenvalue weighted by atomic mass is 32.2. The molecule has 1 rings (SSSR count). The molecule has 0 aromatic rings. The number of thiol groups is 1. The molecule has 0 amide bonds. The fourth-order valence-corrected chi connectivity index (χ4v) is 3.48. The summed E-state index contributed by atoms with van der Waals surface area (Å²) in [4.78, 5) is 2.49. The fraction of sp³-hybridized carbons (Fsp3) is 1.00. The van der Waals surface area contributed by atoms with Crippen molar-refractivity contribution in [3.63, 3.8) is 0 Å². The molecule has 3 heteroatoms. The van der Waals surface area contributed by atoms with E-state index in [1.165, 1.54) is 44.0 Å². The predicted octanol–water partition coefficient (Wildman–Crippen LogP) is 2.77. The lowest BCUT2D eigenvalue weighted by Crippen LogP contribution is -2.25. The first-order chi connectivity index (χ1) is 6.76. The van der Waals surface area contributed by atoms with Crippen LogP contribution in [0.4, 0.5) is 0 Å². The molecule has 0 radical (unpaired) electrons. The Hall–Kier alpha value is 0.660. The van der Waals surface area contributed by atoms with E-state index in [0.29, 0.717) is 5.41 Å². The lowest BCUT2D eigenvalue weighted by atomic mass is 10.2. The van der Waals surface area contributed by atoms with Gasteiger partial charge < -0.3 is 4.90 Å². The minimum atomic E-state index is 0.636. The van der Waals surface area contributed by atoms with Gasteiger partial charge in [-0.2, -0.15) is 24.4 Å². The first kappa shape index (κ1) is 12.7. The minimum absolute atomic E-state index is 0.636. The molecule has 0 bridgehead atoms. The summed E-state index contributed by atoms with van der Waals surface area (Å²) in [6.45, 7) is 8.11. The van der Waals surface area contributed by atoms with Crippen LogP contribution < -0.4 is 0 Å². The van der Waals surface area contributed by atoms with Crippen molar-refractivity contribution in [1.29, 1.82) is 0 Å². The van der Waals surface area contributed by atoms with Gasteiger partial charge in [-0.25, -0.2) is 0 Å². The van der Waals surface area contributed by atoms with Crippen LogP contribution in [0.15, 0.2) is 0 Å². The first-order valence-corrected chi connectivity index (χ1v) is 7.46. The van der Waals surface area contributed by atoms with Crippen LogP contribution in [-0.4, -0.2) is 41.8 Å². The van der Waals surface area contributed by atoms with Crippen LogP contribution in [0.25, 0.3) is 0 Å². The molecule has 14 heavy (non-hydrogen) atoms. The van der Waals surface area contributed by atoms with E-state index in [-0.39, 0.29) is 0 Å². The van der Waals surface area contributed by atoms with Gasteiger partial charge in [0.15, 0.2) is 0 Å². The average molecular weight is 233 g/mol. The van der Waals surface area contributed by atoms with E-state index in [2.05, 4.69) is 43.1 Å². The zero-order chi connectivity index (χ0) is 10.4. The van der Waals surface area contributed by atoms with Crippen LogP contribution in [0.1, 0.15) is 26.7 Å². The molecule has 1 saturated carbocycles. The van der Waals surface area contributed by atoms with Gasteiger partial charge in [-0.1, -0.05) is 13.8 Å². The zero-order valence-electron chi connectivity index (χ0n) is 9.46. The normalized spacial score (nSPS) is 18.9. The summed E-state index contributed by atoms with van der Waals surface area (Å²) in [5, 5.41) is 0.